The number of anilines is 2. The zero-order valence-corrected chi connectivity index (χ0v) is 16.1. The normalized spacial score (nSPS) is 10.5. The minimum Gasteiger partial charge on any atom is -0.495 e. The second-order valence-corrected chi connectivity index (χ2v) is 7.62. The van der Waals surface area contributed by atoms with Gasteiger partial charge in [0.25, 0.3) is 0 Å². The van der Waals surface area contributed by atoms with Gasteiger partial charge in [-0.25, -0.2) is 0 Å². The van der Waals surface area contributed by atoms with E-state index in [4.69, 9.17) is 20.8 Å². The summed E-state index contributed by atoms with van der Waals surface area (Å²) in [4.78, 5) is 12.2. The van der Waals surface area contributed by atoms with Gasteiger partial charge >= 0.3 is 0 Å². The topological polar surface area (TPSA) is 89.3 Å². The van der Waals surface area contributed by atoms with Crippen molar-refractivity contribution in [3.05, 3.63) is 47.4 Å². The molecule has 2 N–H and O–H groups in total. The first kappa shape index (κ1) is 18.6. The van der Waals surface area contributed by atoms with Crippen LogP contribution in [0.4, 0.5) is 10.8 Å². The summed E-state index contributed by atoms with van der Waals surface area (Å²) in [5.41, 5.74) is 0.531. The highest BCUT2D eigenvalue weighted by Gasteiger charge is 2.11. The van der Waals surface area contributed by atoms with Crippen LogP contribution in [0, 0.1) is 0 Å². The van der Waals surface area contributed by atoms with E-state index in [0.717, 1.165) is 5.76 Å². The van der Waals surface area contributed by atoms with Crippen molar-refractivity contribution in [3.63, 3.8) is 0 Å². The number of carbonyl (C=O) groups is 1. The Balaban J connectivity index is 1.49. The Morgan fingerprint density at radius 1 is 1.38 bits per heavy atom. The highest BCUT2D eigenvalue weighted by Crippen LogP contribution is 2.29. The van der Waals surface area contributed by atoms with Gasteiger partial charge in [-0.1, -0.05) is 34.7 Å². The number of furan rings is 1. The Morgan fingerprint density at radius 2 is 2.27 bits per heavy atom. The van der Waals surface area contributed by atoms with E-state index < -0.39 is 0 Å². The van der Waals surface area contributed by atoms with E-state index in [2.05, 4.69) is 20.8 Å². The molecule has 2 aromatic heterocycles. The first-order chi connectivity index (χ1) is 12.6. The van der Waals surface area contributed by atoms with Gasteiger partial charge in [-0.3, -0.25) is 4.79 Å². The Labute approximate surface area is 163 Å². The largest absolute Gasteiger partial charge is 0.495 e. The van der Waals surface area contributed by atoms with Crippen molar-refractivity contribution in [2.45, 2.75) is 10.9 Å². The zero-order chi connectivity index (χ0) is 18.4. The standard InChI is InChI=1S/C16H15ClN4O3S2/c1-23-13-5-4-10(17)7-12(13)19-14(22)9-25-16-21-20-15(26-16)18-8-11-3-2-6-24-11/h2-7H,8-9H2,1H3,(H,18,20)(H,19,22). The van der Waals surface area contributed by atoms with Gasteiger partial charge in [0.2, 0.25) is 11.0 Å². The first-order valence-electron chi connectivity index (χ1n) is 7.50. The Morgan fingerprint density at radius 3 is 3.04 bits per heavy atom. The summed E-state index contributed by atoms with van der Waals surface area (Å²) in [5.74, 6) is 1.37. The monoisotopic (exact) mass is 410 g/mol. The molecule has 0 aliphatic carbocycles. The molecule has 0 saturated heterocycles. The minimum atomic E-state index is -0.184. The van der Waals surface area contributed by atoms with Gasteiger partial charge in [0.05, 0.1) is 31.4 Å². The summed E-state index contributed by atoms with van der Waals surface area (Å²) >= 11 is 8.64. The molecule has 1 aromatic carbocycles. The van der Waals surface area contributed by atoms with E-state index in [-0.39, 0.29) is 11.7 Å². The Bertz CT molecular complexity index is 870. The van der Waals surface area contributed by atoms with Crippen LogP contribution in [-0.2, 0) is 11.3 Å². The highest BCUT2D eigenvalue weighted by atomic mass is 35.5. The summed E-state index contributed by atoms with van der Waals surface area (Å²) in [6.45, 7) is 0.529. The number of aromatic nitrogens is 2. The van der Waals surface area contributed by atoms with Crippen molar-refractivity contribution in [2.75, 3.05) is 23.5 Å². The maximum absolute atomic E-state index is 12.2. The third-order valence-corrected chi connectivity index (χ3v) is 5.41. The lowest BCUT2D eigenvalue weighted by Crippen LogP contribution is -2.14. The molecule has 3 aromatic rings. The van der Waals surface area contributed by atoms with E-state index in [1.165, 1.54) is 30.2 Å². The minimum absolute atomic E-state index is 0.184. The maximum Gasteiger partial charge on any atom is 0.234 e. The van der Waals surface area contributed by atoms with E-state index in [1.54, 1.807) is 24.5 Å². The molecule has 26 heavy (non-hydrogen) atoms. The second kappa shape index (κ2) is 8.93. The Hall–Kier alpha value is -2.23. The molecule has 0 radical (unpaired) electrons. The van der Waals surface area contributed by atoms with E-state index in [1.807, 2.05) is 12.1 Å². The number of hydrogen-bond acceptors (Lipinski definition) is 8. The molecule has 0 unspecified atom stereocenters. The van der Waals surface area contributed by atoms with Crippen LogP contribution in [0.2, 0.25) is 5.02 Å². The number of nitrogens with zero attached hydrogens (tertiary/aromatic N) is 2. The lowest BCUT2D eigenvalue weighted by Gasteiger charge is -2.09. The van der Waals surface area contributed by atoms with Crippen LogP contribution < -0.4 is 15.4 Å². The van der Waals surface area contributed by atoms with Gasteiger partial charge < -0.3 is 19.8 Å². The van der Waals surface area contributed by atoms with Crippen LogP contribution in [0.25, 0.3) is 0 Å². The molecule has 3 rings (SSSR count). The molecule has 136 valence electrons. The molecule has 0 saturated carbocycles. The molecule has 0 bridgehead atoms. The lowest BCUT2D eigenvalue weighted by molar-refractivity contribution is -0.113. The quantitative estimate of drug-likeness (QED) is 0.539. The highest BCUT2D eigenvalue weighted by molar-refractivity contribution is 8.01. The van der Waals surface area contributed by atoms with Crippen molar-refractivity contribution in [1.82, 2.24) is 10.2 Å². The number of carbonyl (C=O) groups excluding carboxylic acids is 1. The molecule has 0 aliphatic rings. The average Bonchev–Trinajstić information content (AvgIpc) is 3.30. The van der Waals surface area contributed by atoms with Crippen molar-refractivity contribution in [3.8, 4) is 5.75 Å². The summed E-state index contributed by atoms with van der Waals surface area (Å²) < 4.78 is 11.1. The van der Waals surface area contributed by atoms with Crippen molar-refractivity contribution < 1.29 is 13.9 Å². The second-order valence-electron chi connectivity index (χ2n) is 4.99. The number of thioether (sulfide) groups is 1. The van der Waals surface area contributed by atoms with Gasteiger partial charge in [-0.15, -0.1) is 10.2 Å². The molecule has 0 atom stereocenters. The van der Waals surface area contributed by atoms with E-state index >= 15 is 0 Å². The van der Waals surface area contributed by atoms with Crippen molar-refractivity contribution in [1.29, 1.82) is 0 Å². The molecule has 2 heterocycles. The van der Waals surface area contributed by atoms with Crippen LogP contribution in [0.1, 0.15) is 5.76 Å². The van der Waals surface area contributed by atoms with Crippen LogP contribution >= 0.6 is 34.7 Å². The number of amides is 1. The molecule has 0 fully saturated rings. The van der Waals surface area contributed by atoms with Gasteiger partial charge in [-0.2, -0.15) is 0 Å². The van der Waals surface area contributed by atoms with Crippen molar-refractivity contribution >= 4 is 51.4 Å². The molecule has 7 nitrogen and oxygen atoms in total. The van der Waals surface area contributed by atoms with Crippen LogP contribution in [0.15, 0.2) is 45.4 Å². The number of ether oxygens (including phenoxy) is 1. The number of hydrogen-bond donors (Lipinski definition) is 2. The SMILES string of the molecule is COc1ccc(Cl)cc1NC(=O)CSc1nnc(NCc2ccco2)s1. The molecule has 0 spiro atoms. The molecule has 0 aliphatic heterocycles. The van der Waals surface area contributed by atoms with Crippen LogP contribution in [-0.4, -0.2) is 29.0 Å². The van der Waals surface area contributed by atoms with Gasteiger partial charge in [0.15, 0.2) is 4.34 Å². The van der Waals surface area contributed by atoms with Crippen LogP contribution in [0.5, 0.6) is 5.75 Å². The molecule has 1 amide bonds. The van der Waals surface area contributed by atoms with Gasteiger partial charge in [0, 0.05) is 5.02 Å². The number of halogens is 1. The summed E-state index contributed by atoms with van der Waals surface area (Å²) in [7, 11) is 1.53. The fourth-order valence-electron chi connectivity index (χ4n) is 2.01. The van der Waals surface area contributed by atoms with E-state index in [9.17, 15) is 4.79 Å². The molecule has 10 heteroatoms. The molecular weight excluding hydrogens is 396 g/mol. The number of rotatable bonds is 8. The van der Waals surface area contributed by atoms with Gasteiger partial charge in [0.1, 0.15) is 11.5 Å². The smallest absolute Gasteiger partial charge is 0.234 e. The van der Waals surface area contributed by atoms with Crippen LogP contribution in [0.3, 0.4) is 0 Å². The predicted octanol–water partition coefficient (Wildman–Crippen LogP) is 4.14. The maximum atomic E-state index is 12.2. The van der Waals surface area contributed by atoms with Crippen molar-refractivity contribution in [2.24, 2.45) is 0 Å². The first-order valence-corrected chi connectivity index (χ1v) is 9.68. The number of benzene rings is 1. The van der Waals surface area contributed by atoms with Gasteiger partial charge in [-0.05, 0) is 30.3 Å². The summed E-state index contributed by atoms with van der Waals surface area (Å²) in [5, 5.41) is 15.2. The van der Waals surface area contributed by atoms with E-state index in [0.29, 0.717) is 32.5 Å². The molecular formula is C16H15ClN4O3S2. The number of methoxy groups -OCH3 is 1. The summed E-state index contributed by atoms with van der Waals surface area (Å²) in [6.07, 6.45) is 1.62. The fourth-order valence-corrected chi connectivity index (χ4v) is 3.73. The third-order valence-electron chi connectivity index (χ3n) is 3.16. The Kier molecular flexibility index (Phi) is 6.37. The fraction of sp³-hybridized carbons (Fsp3) is 0.188. The summed E-state index contributed by atoms with van der Waals surface area (Å²) in [6, 6.07) is 8.74. The zero-order valence-electron chi connectivity index (χ0n) is 13.7. The predicted molar refractivity (Wildman–Crippen MR) is 103 cm³/mol. The average molecular weight is 411 g/mol. The lowest BCUT2D eigenvalue weighted by atomic mass is 10.3. The third kappa shape index (κ3) is 5.13. The number of nitrogens with one attached hydrogen (secondary N) is 2.